The molecule has 1 heterocycles. The standard InChI is InChI=1S/C24H14Cl4N2O6S/c1-12-2-3-15(26)11-20(12)30-23(32)17(22(31)29-24(30)33)8-13-9-18(27)21(19(28)10-13)36-37(34,35)16-6-4-14(25)5-7-16/h2-11H,1H3,(H,29,31,33)/b17-8+. The van der Waals surface area contributed by atoms with Crippen LogP contribution in [0.25, 0.3) is 6.08 Å². The van der Waals surface area contributed by atoms with Crippen LogP contribution < -0.4 is 14.4 Å². The Morgan fingerprint density at radius 2 is 1.46 bits per heavy atom. The molecule has 0 bridgehead atoms. The van der Waals surface area contributed by atoms with Crippen molar-refractivity contribution < 1.29 is 27.0 Å². The molecular weight excluding hydrogens is 586 g/mol. The summed E-state index contributed by atoms with van der Waals surface area (Å²) in [5, 5.41) is 2.30. The third-order valence-electron chi connectivity index (χ3n) is 5.14. The summed E-state index contributed by atoms with van der Waals surface area (Å²) < 4.78 is 30.4. The van der Waals surface area contributed by atoms with E-state index >= 15 is 0 Å². The molecule has 0 atom stereocenters. The lowest BCUT2D eigenvalue weighted by atomic mass is 10.1. The summed E-state index contributed by atoms with van der Waals surface area (Å²) in [5.41, 5.74) is 0.534. The van der Waals surface area contributed by atoms with Crippen molar-refractivity contribution in [3.63, 3.8) is 0 Å². The minimum Gasteiger partial charge on any atom is -0.376 e. The summed E-state index contributed by atoms with van der Waals surface area (Å²) in [6.45, 7) is 1.67. The molecule has 37 heavy (non-hydrogen) atoms. The highest BCUT2D eigenvalue weighted by Gasteiger charge is 2.37. The second-order valence-electron chi connectivity index (χ2n) is 7.69. The summed E-state index contributed by atoms with van der Waals surface area (Å²) in [6, 6.07) is 11.4. The van der Waals surface area contributed by atoms with Gasteiger partial charge < -0.3 is 4.18 Å². The molecule has 3 aromatic carbocycles. The number of barbiturate groups is 1. The van der Waals surface area contributed by atoms with E-state index in [1.54, 1.807) is 19.1 Å². The number of nitrogens with zero attached hydrogens (tertiary/aromatic N) is 1. The van der Waals surface area contributed by atoms with Crippen LogP contribution in [0.2, 0.25) is 20.1 Å². The van der Waals surface area contributed by atoms with E-state index in [9.17, 15) is 22.8 Å². The zero-order valence-electron chi connectivity index (χ0n) is 18.6. The average molecular weight is 600 g/mol. The van der Waals surface area contributed by atoms with Gasteiger partial charge in [-0.1, -0.05) is 52.5 Å². The number of carbonyl (C=O) groups excluding carboxylic acids is 3. The molecule has 1 saturated heterocycles. The van der Waals surface area contributed by atoms with Crippen LogP contribution in [-0.2, 0) is 19.7 Å². The molecule has 0 spiro atoms. The molecule has 4 amide bonds. The van der Waals surface area contributed by atoms with Crippen LogP contribution in [0.4, 0.5) is 10.5 Å². The zero-order valence-corrected chi connectivity index (χ0v) is 22.4. The first-order valence-corrected chi connectivity index (χ1v) is 13.2. The second kappa shape index (κ2) is 10.4. The minimum atomic E-state index is -4.30. The van der Waals surface area contributed by atoms with Crippen LogP contribution >= 0.6 is 46.4 Å². The number of urea groups is 1. The smallest absolute Gasteiger partial charge is 0.339 e. The molecule has 1 fully saturated rings. The Kier molecular flexibility index (Phi) is 7.55. The maximum absolute atomic E-state index is 13.2. The van der Waals surface area contributed by atoms with Gasteiger partial charge in [0.05, 0.1) is 15.7 Å². The van der Waals surface area contributed by atoms with Crippen LogP contribution in [-0.4, -0.2) is 26.3 Å². The Morgan fingerprint density at radius 1 is 0.865 bits per heavy atom. The van der Waals surface area contributed by atoms with Gasteiger partial charge in [-0.25, -0.2) is 9.69 Å². The van der Waals surface area contributed by atoms with E-state index in [0.717, 1.165) is 11.0 Å². The molecular formula is C24H14Cl4N2O6S. The number of halogens is 4. The third-order valence-corrected chi connectivity index (χ3v) is 7.42. The van der Waals surface area contributed by atoms with Crippen molar-refractivity contribution in [1.29, 1.82) is 0 Å². The van der Waals surface area contributed by atoms with Crippen molar-refractivity contribution >= 4 is 86.1 Å². The Labute approximate surface area is 231 Å². The van der Waals surface area contributed by atoms with Gasteiger partial charge in [-0.3, -0.25) is 14.9 Å². The van der Waals surface area contributed by atoms with Crippen LogP contribution in [0.1, 0.15) is 11.1 Å². The SMILES string of the molecule is Cc1ccc(Cl)cc1N1C(=O)NC(=O)/C(=C\c2cc(Cl)c(OS(=O)(=O)c3ccc(Cl)cc3)c(Cl)c2)C1=O. The van der Waals surface area contributed by atoms with Gasteiger partial charge in [0.2, 0.25) is 0 Å². The molecule has 0 aromatic heterocycles. The Morgan fingerprint density at radius 3 is 2.08 bits per heavy atom. The predicted octanol–water partition coefficient (Wildman–Crippen LogP) is 6.04. The van der Waals surface area contributed by atoms with E-state index in [1.807, 2.05) is 0 Å². The highest BCUT2D eigenvalue weighted by atomic mass is 35.5. The summed E-state index contributed by atoms with van der Waals surface area (Å²) in [5.74, 6) is -2.20. The van der Waals surface area contributed by atoms with Crippen molar-refractivity contribution in [3.8, 4) is 5.75 Å². The lowest BCUT2D eigenvalue weighted by Gasteiger charge is -2.27. The number of hydrogen-bond donors (Lipinski definition) is 1. The number of hydrogen-bond acceptors (Lipinski definition) is 6. The highest BCUT2D eigenvalue weighted by Crippen LogP contribution is 2.37. The monoisotopic (exact) mass is 598 g/mol. The average Bonchev–Trinajstić information content (AvgIpc) is 2.81. The topological polar surface area (TPSA) is 110 Å². The first kappa shape index (κ1) is 27.0. The largest absolute Gasteiger partial charge is 0.376 e. The fraction of sp³-hybridized carbons (Fsp3) is 0.0417. The maximum atomic E-state index is 13.2. The van der Waals surface area contributed by atoms with Gasteiger partial charge in [0.1, 0.15) is 10.5 Å². The van der Waals surface area contributed by atoms with E-state index in [1.165, 1.54) is 42.5 Å². The molecule has 0 saturated carbocycles. The van der Waals surface area contributed by atoms with Crippen molar-refractivity contribution in [2.24, 2.45) is 0 Å². The van der Waals surface area contributed by atoms with Gasteiger partial charge in [-0.05, 0) is 72.7 Å². The molecule has 0 radical (unpaired) electrons. The van der Waals surface area contributed by atoms with E-state index in [-0.39, 0.29) is 37.0 Å². The van der Waals surface area contributed by atoms with Gasteiger partial charge in [-0.15, -0.1) is 0 Å². The summed E-state index contributed by atoms with van der Waals surface area (Å²) >= 11 is 24.3. The van der Waals surface area contributed by atoms with Gasteiger partial charge in [0.15, 0.2) is 5.75 Å². The molecule has 4 rings (SSSR count). The van der Waals surface area contributed by atoms with Crippen molar-refractivity contribution in [1.82, 2.24) is 5.32 Å². The van der Waals surface area contributed by atoms with Gasteiger partial charge >= 0.3 is 16.1 Å². The van der Waals surface area contributed by atoms with Crippen LogP contribution in [0, 0.1) is 6.92 Å². The van der Waals surface area contributed by atoms with Crippen LogP contribution in [0.15, 0.2) is 65.1 Å². The van der Waals surface area contributed by atoms with Gasteiger partial charge in [0.25, 0.3) is 11.8 Å². The van der Waals surface area contributed by atoms with E-state index in [4.69, 9.17) is 50.6 Å². The molecule has 8 nitrogen and oxygen atoms in total. The fourth-order valence-electron chi connectivity index (χ4n) is 3.37. The summed E-state index contributed by atoms with van der Waals surface area (Å²) in [4.78, 5) is 38.8. The molecule has 1 aliphatic rings. The Hall–Kier alpha value is -3.08. The van der Waals surface area contributed by atoms with Crippen molar-refractivity contribution in [2.45, 2.75) is 11.8 Å². The van der Waals surface area contributed by atoms with Crippen LogP contribution in [0.3, 0.4) is 0 Å². The first-order chi connectivity index (χ1) is 17.4. The molecule has 190 valence electrons. The number of nitrogens with one attached hydrogen (secondary N) is 1. The quantitative estimate of drug-likeness (QED) is 0.217. The number of carbonyl (C=O) groups is 3. The van der Waals surface area contributed by atoms with Crippen molar-refractivity contribution in [2.75, 3.05) is 4.90 Å². The first-order valence-electron chi connectivity index (χ1n) is 10.2. The highest BCUT2D eigenvalue weighted by molar-refractivity contribution is 7.87. The lowest BCUT2D eigenvalue weighted by molar-refractivity contribution is -0.122. The summed E-state index contributed by atoms with van der Waals surface area (Å²) in [7, 11) is -4.30. The summed E-state index contributed by atoms with van der Waals surface area (Å²) in [6.07, 6.45) is 1.16. The van der Waals surface area contributed by atoms with E-state index < -0.39 is 33.5 Å². The molecule has 1 aliphatic heterocycles. The van der Waals surface area contributed by atoms with Crippen LogP contribution in [0.5, 0.6) is 5.75 Å². The Balaban J connectivity index is 1.69. The van der Waals surface area contributed by atoms with E-state index in [2.05, 4.69) is 5.32 Å². The minimum absolute atomic E-state index is 0.168. The lowest BCUT2D eigenvalue weighted by Crippen LogP contribution is -2.54. The van der Waals surface area contributed by atoms with Gasteiger partial charge in [0, 0.05) is 10.0 Å². The number of aryl methyl sites for hydroxylation is 1. The normalized spacial score (nSPS) is 15.2. The van der Waals surface area contributed by atoms with Gasteiger partial charge in [-0.2, -0.15) is 8.42 Å². The second-order valence-corrected chi connectivity index (χ2v) is 10.9. The predicted molar refractivity (Wildman–Crippen MR) is 141 cm³/mol. The number of imide groups is 2. The number of rotatable bonds is 5. The Bertz CT molecular complexity index is 1580. The fourth-order valence-corrected chi connectivity index (χ4v) is 5.30. The molecule has 0 unspecified atom stereocenters. The number of amides is 4. The van der Waals surface area contributed by atoms with Crippen molar-refractivity contribution in [3.05, 3.63) is 91.4 Å². The van der Waals surface area contributed by atoms with E-state index in [0.29, 0.717) is 10.6 Å². The maximum Gasteiger partial charge on any atom is 0.339 e. The molecule has 1 N–H and O–H groups in total. The number of benzene rings is 3. The third kappa shape index (κ3) is 5.61. The molecule has 3 aromatic rings. The molecule has 13 heteroatoms. The molecule has 0 aliphatic carbocycles. The zero-order chi connectivity index (χ0) is 27.1. The number of anilines is 1.